The second-order valence-electron chi connectivity index (χ2n) is 7.29. The van der Waals surface area contributed by atoms with Gasteiger partial charge >= 0.3 is 0 Å². The predicted octanol–water partition coefficient (Wildman–Crippen LogP) is 3.57. The highest BCUT2D eigenvalue weighted by Crippen LogP contribution is 2.28. The zero-order valence-corrected chi connectivity index (χ0v) is 16.6. The minimum atomic E-state index is -0.210. The van der Waals surface area contributed by atoms with Crippen molar-refractivity contribution in [1.29, 1.82) is 0 Å². The number of hydrogen-bond donors (Lipinski definition) is 2. The van der Waals surface area contributed by atoms with Crippen LogP contribution in [0.15, 0.2) is 47.3 Å². The predicted molar refractivity (Wildman–Crippen MR) is 114 cm³/mol. The summed E-state index contributed by atoms with van der Waals surface area (Å²) in [5.41, 5.74) is 3.08. The first-order chi connectivity index (χ1) is 13.5. The highest BCUT2D eigenvalue weighted by molar-refractivity contribution is 5.96. The first-order valence-electron chi connectivity index (χ1n) is 9.49. The molecule has 28 heavy (non-hydrogen) atoms. The van der Waals surface area contributed by atoms with Gasteiger partial charge in [-0.1, -0.05) is 30.3 Å². The summed E-state index contributed by atoms with van der Waals surface area (Å²) in [5.74, 6) is 0.0123. The first-order valence-corrected chi connectivity index (χ1v) is 9.49. The lowest BCUT2D eigenvalue weighted by Gasteiger charge is -2.12. The highest BCUT2D eigenvalue weighted by atomic mass is 16.1. The summed E-state index contributed by atoms with van der Waals surface area (Å²) in [5, 5.41) is 11.2. The maximum Gasteiger partial charge on any atom is 0.272 e. The summed E-state index contributed by atoms with van der Waals surface area (Å²) in [4.78, 5) is 26.5. The van der Waals surface area contributed by atoms with Crippen molar-refractivity contribution in [2.45, 2.75) is 26.2 Å². The third-order valence-corrected chi connectivity index (χ3v) is 4.74. The van der Waals surface area contributed by atoms with Gasteiger partial charge in [0, 0.05) is 23.1 Å². The standard InChI is InChI=1S/C22H26N4O2/c1-15-11-12-16(14-19(15)23-20(27)10-6-7-13-26(2)3)21-17-8-4-5-9-18(17)22(28)25-24-21/h4-5,8-9,11-12,14H,6-7,10,13H2,1-3H3,(H,23,27)(H,25,28). The van der Waals surface area contributed by atoms with E-state index in [-0.39, 0.29) is 11.5 Å². The quantitative estimate of drug-likeness (QED) is 0.616. The molecule has 6 heteroatoms. The second-order valence-corrected chi connectivity index (χ2v) is 7.29. The molecular weight excluding hydrogens is 352 g/mol. The number of rotatable bonds is 7. The van der Waals surface area contributed by atoms with Gasteiger partial charge in [0.15, 0.2) is 0 Å². The molecule has 0 saturated heterocycles. The van der Waals surface area contributed by atoms with Gasteiger partial charge in [-0.25, -0.2) is 5.10 Å². The molecule has 3 aromatic rings. The van der Waals surface area contributed by atoms with E-state index in [1.165, 1.54) is 0 Å². The summed E-state index contributed by atoms with van der Waals surface area (Å²) in [6.45, 7) is 2.94. The fraction of sp³-hybridized carbons (Fsp3) is 0.318. The number of anilines is 1. The van der Waals surface area contributed by atoms with Crippen molar-refractivity contribution in [3.8, 4) is 11.3 Å². The van der Waals surface area contributed by atoms with Gasteiger partial charge in [-0.3, -0.25) is 9.59 Å². The van der Waals surface area contributed by atoms with Crippen molar-refractivity contribution in [3.63, 3.8) is 0 Å². The average molecular weight is 378 g/mol. The number of H-pyrrole nitrogens is 1. The summed E-state index contributed by atoms with van der Waals surface area (Å²) < 4.78 is 0. The van der Waals surface area contributed by atoms with Crippen LogP contribution in [0.3, 0.4) is 0 Å². The molecule has 1 heterocycles. The van der Waals surface area contributed by atoms with Crippen molar-refractivity contribution in [2.75, 3.05) is 26.0 Å². The SMILES string of the molecule is Cc1ccc(-c2n[nH]c(=O)c3ccccc23)cc1NC(=O)CCCCN(C)C. The van der Waals surface area contributed by atoms with E-state index in [9.17, 15) is 9.59 Å². The molecule has 1 aromatic heterocycles. The van der Waals surface area contributed by atoms with Gasteiger partial charge in [-0.15, -0.1) is 0 Å². The Bertz CT molecular complexity index is 1040. The van der Waals surface area contributed by atoms with Gasteiger partial charge in [-0.2, -0.15) is 5.10 Å². The van der Waals surface area contributed by atoms with Crippen LogP contribution in [0.2, 0.25) is 0 Å². The largest absolute Gasteiger partial charge is 0.326 e. The number of nitrogens with zero attached hydrogens (tertiary/aromatic N) is 2. The Balaban J connectivity index is 1.82. The number of aromatic amines is 1. The number of amides is 1. The van der Waals surface area contributed by atoms with Crippen LogP contribution in [0.1, 0.15) is 24.8 Å². The molecule has 0 aliphatic carbocycles. The van der Waals surface area contributed by atoms with Crippen LogP contribution in [0.25, 0.3) is 22.0 Å². The topological polar surface area (TPSA) is 78.1 Å². The number of unbranched alkanes of at least 4 members (excludes halogenated alkanes) is 1. The Morgan fingerprint density at radius 3 is 2.61 bits per heavy atom. The molecule has 0 saturated carbocycles. The van der Waals surface area contributed by atoms with E-state index in [1.54, 1.807) is 6.07 Å². The smallest absolute Gasteiger partial charge is 0.272 e. The van der Waals surface area contributed by atoms with Gasteiger partial charge in [0.1, 0.15) is 0 Å². The number of aryl methyl sites for hydroxylation is 1. The van der Waals surface area contributed by atoms with Gasteiger partial charge in [0.2, 0.25) is 5.91 Å². The summed E-state index contributed by atoms with van der Waals surface area (Å²) in [6.07, 6.45) is 2.35. The third kappa shape index (κ3) is 4.64. The zero-order valence-electron chi connectivity index (χ0n) is 16.6. The second kappa shape index (κ2) is 8.80. The van der Waals surface area contributed by atoms with Crippen molar-refractivity contribution < 1.29 is 4.79 Å². The molecule has 2 aromatic carbocycles. The van der Waals surface area contributed by atoms with Crippen LogP contribution < -0.4 is 10.9 Å². The monoisotopic (exact) mass is 378 g/mol. The van der Waals surface area contributed by atoms with E-state index in [2.05, 4.69) is 20.4 Å². The summed E-state index contributed by atoms with van der Waals surface area (Å²) in [6, 6.07) is 13.2. The Morgan fingerprint density at radius 2 is 1.86 bits per heavy atom. The first kappa shape index (κ1) is 19.8. The molecule has 0 unspecified atom stereocenters. The Morgan fingerprint density at radius 1 is 1.11 bits per heavy atom. The lowest BCUT2D eigenvalue weighted by atomic mass is 10.0. The fourth-order valence-electron chi connectivity index (χ4n) is 3.17. The van der Waals surface area contributed by atoms with Crippen LogP contribution in [-0.2, 0) is 4.79 Å². The summed E-state index contributed by atoms with van der Waals surface area (Å²) >= 11 is 0. The van der Waals surface area contributed by atoms with Gasteiger partial charge in [-0.05, 0) is 58.1 Å². The lowest BCUT2D eigenvalue weighted by molar-refractivity contribution is -0.116. The van der Waals surface area contributed by atoms with Crippen molar-refractivity contribution in [3.05, 3.63) is 58.4 Å². The lowest BCUT2D eigenvalue weighted by Crippen LogP contribution is -2.15. The van der Waals surface area contributed by atoms with Gasteiger partial charge in [0.05, 0.1) is 11.1 Å². The van der Waals surface area contributed by atoms with Crippen molar-refractivity contribution in [1.82, 2.24) is 15.1 Å². The van der Waals surface area contributed by atoms with Crippen LogP contribution >= 0.6 is 0 Å². The van der Waals surface area contributed by atoms with Gasteiger partial charge < -0.3 is 10.2 Å². The van der Waals surface area contributed by atoms with E-state index < -0.39 is 0 Å². The minimum absolute atomic E-state index is 0.0123. The van der Waals surface area contributed by atoms with Crippen LogP contribution in [-0.4, -0.2) is 41.6 Å². The maximum absolute atomic E-state index is 12.3. The maximum atomic E-state index is 12.3. The molecule has 0 bridgehead atoms. The third-order valence-electron chi connectivity index (χ3n) is 4.74. The number of hydrogen-bond acceptors (Lipinski definition) is 4. The highest BCUT2D eigenvalue weighted by Gasteiger charge is 2.11. The van der Waals surface area contributed by atoms with E-state index >= 15 is 0 Å². The molecule has 2 N–H and O–H groups in total. The van der Waals surface area contributed by atoms with Crippen LogP contribution in [0.4, 0.5) is 5.69 Å². The Hall–Kier alpha value is -2.99. The number of fused-ring (bicyclic) bond motifs is 1. The molecular formula is C22H26N4O2. The number of carbonyl (C=O) groups excluding carboxylic acids is 1. The number of benzene rings is 2. The zero-order chi connectivity index (χ0) is 20.1. The molecule has 1 amide bonds. The molecule has 0 radical (unpaired) electrons. The van der Waals surface area contributed by atoms with Crippen LogP contribution in [0, 0.1) is 6.92 Å². The normalized spacial score (nSPS) is 11.1. The van der Waals surface area contributed by atoms with Crippen molar-refractivity contribution in [2.24, 2.45) is 0 Å². The van der Waals surface area contributed by atoms with E-state index in [0.717, 1.165) is 41.6 Å². The average Bonchev–Trinajstić information content (AvgIpc) is 2.68. The summed E-state index contributed by atoms with van der Waals surface area (Å²) in [7, 11) is 4.06. The number of aromatic nitrogens is 2. The fourth-order valence-corrected chi connectivity index (χ4v) is 3.17. The molecule has 0 aliphatic heterocycles. The van der Waals surface area contributed by atoms with E-state index in [4.69, 9.17) is 0 Å². The molecule has 146 valence electrons. The molecule has 0 atom stereocenters. The molecule has 0 aliphatic rings. The van der Waals surface area contributed by atoms with Gasteiger partial charge in [0.25, 0.3) is 5.56 Å². The van der Waals surface area contributed by atoms with E-state index in [1.807, 2.05) is 57.4 Å². The van der Waals surface area contributed by atoms with Crippen molar-refractivity contribution >= 4 is 22.4 Å². The Kier molecular flexibility index (Phi) is 6.21. The molecule has 3 rings (SSSR count). The molecule has 0 spiro atoms. The van der Waals surface area contributed by atoms with E-state index in [0.29, 0.717) is 17.5 Å². The molecule has 0 fully saturated rings. The molecule has 6 nitrogen and oxygen atoms in total. The minimum Gasteiger partial charge on any atom is -0.326 e. The number of carbonyl (C=O) groups is 1. The van der Waals surface area contributed by atoms with Crippen LogP contribution in [0.5, 0.6) is 0 Å². The number of nitrogens with one attached hydrogen (secondary N) is 2. The Labute approximate surface area is 164 Å².